The van der Waals surface area contributed by atoms with E-state index in [1.165, 1.54) is 15.9 Å². The van der Waals surface area contributed by atoms with Gasteiger partial charge >= 0.3 is 0 Å². The zero-order valence-electron chi connectivity index (χ0n) is 13.7. The first-order chi connectivity index (χ1) is 11.2. The monoisotopic (exact) mass is 322 g/mol. The fourth-order valence-electron chi connectivity index (χ4n) is 2.63. The van der Waals surface area contributed by atoms with E-state index in [2.05, 4.69) is 97.7 Å². The van der Waals surface area contributed by atoms with Crippen molar-refractivity contribution in [2.45, 2.75) is 6.92 Å². The van der Waals surface area contributed by atoms with Gasteiger partial charge in [-0.3, -0.25) is 0 Å². The minimum atomic E-state index is -1.53. The first-order valence-electron chi connectivity index (χ1n) is 7.85. The van der Waals surface area contributed by atoms with Gasteiger partial charge in [-0.2, -0.15) is 0 Å². The minimum absolute atomic E-state index is 0. The Morgan fingerprint density at radius 2 is 0.826 bits per heavy atom. The predicted octanol–water partition coefficient (Wildman–Crippen LogP) is 2.98. The minimum Gasteiger partial charge on any atom is -0.855 e. The molecule has 0 aliphatic heterocycles. The molecule has 3 aromatic rings. The molecule has 118 valence electrons. The van der Waals surface area contributed by atoms with Crippen LogP contribution in [0.1, 0.15) is 6.92 Å². The molecule has 0 bridgehead atoms. The summed E-state index contributed by atoms with van der Waals surface area (Å²) in [4.78, 5) is 0. The van der Waals surface area contributed by atoms with Gasteiger partial charge in [0.2, 0.25) is 0 Å². The molecule has 0 unspecified atom stereocenters. The van der Waals surface area contributed by atoms with Crippen LogP contribution in [0.3, 0.4) is 0 Å². The molecular formula is C21H23OP. The first-order valence-corrected chi connectivity index (χ1v) is 10.1. The van der Waals surface area contributed by atoms with E-state index in [4.69, 9.17) is 5.11 Å². The van der Waals surface area contributed by atoms with Crippen LogP contribution in [-0.2, 0) is 0 Å². The lowest BCUT2D eigenvalue weighted by atomic mass is 10.4. The second kappa shape index (κ2) is 8.62. The van der Waals surface area contributed by atoms with Crippen LogP contribution < -0.4 is 21.0 Å². The molecule has 0 N–H and O–H groups in total. The molecule has 0 amide bonds. The Hall–Kier alpha value is -1.95. The zero-order valence-corrected chi connectivity index (χ0v) is 14.6. The quantitative estimate of drug-likeness (QED) is 0.680. The molecule has 0 radical (unpaired) electrons. The second-order valence-electron chi connectivity index (χ2n) is 5.30. The van der Waals surface area contributed by atoms with E-state index in [1.54, 1.807) is 6.92 Å². The summed E-state index contributed by atoms with van der Waals surface area (Å²) in [5.74, 6) is 0. The fourth-order valence-corrected chi connectivity index (χ4v) is 5.83. The fraction of sp³-hybridized carbons (Fsp3) is 0.143. The lowest BCUT2D eigenvalue weighted by molar-refractivity contribution is -0.361. The van der Waals surface area contributed by atoms with Gasteiger partial charge in [0.05, 0.1) is 6.66 Å². The van der Waals surface area contributed by atoms with Gasteiger partial charge in [-0.25, -0.2) is 0 Å². The highest BCUT2D eigenvalue weighted by atomic mass is 31.2. The van der Waals surface area contributed by atoms with Crippen molar-refractivity contribution in [3.63, 3.8) is 0 Å². The third-order valence-corrected chi connectivity index (χ3v) is 7.81. The molecule has 0 aliphatic carbocycles. The number of rotatable bonds is 3. The normalized spacial score (nSPS) is 10.6. The van der Waals surface area contributed by atoms with E-state index >= 15 is 0 Å². The van der Waals surface area contributed by atoms with Gasteiger partial charge < -0.3 is 5.11 Å². The molecule has 3 aromatic carbocycles. The molecule has 0 saturated carbocycles. The first kappa shape index (κ1) is 17.4. The van der Waals surface area contributed by atoms with Crippen LogP contribution in [0.4, 0.5) is 0 Å². The van der Waals surface area contributed by atoms with E-state index in [0.717, 1.165) is 0 Å². The SMILES string of the molecule is CC[O-].C[P+](c1ccccc1)(c1ccccc1)c1ccccc1. The Balaban J connectivity index is 0.000000595. The Labute approximate surface area is 140 Å². The van der Waals surface area contributed by atoms with Gasteiger partial charge in [-0.1, -0.05) is 61.5 Å². The standard InChI is InChI=1S/C19H18P.C2H5O/c1-20(17-11-5-2-6-12-17,18-13-7-3-8-14-18)19-15-9-4-10-16-19;1-2-3/h2-16H,1H3;2H2,1H3/q+1;-1. The Morgan fingerprint density at radius 3 is 1.04 bits per heavy atom. The van der Waals surface area contributed by atoms with E-state index in [0.29, 0.717) is 0 Å². The van der Waals surface area contributed by atoms with Gasteiger partial charge in [0.1, 0.15) is 23.2 Å². The molecular weight excluding hydrogens is 299 g/mol. The summed E-state index contributed by atoms with van der Waals surface area (Å²) in [6, 6.07) is 32.6. The molecule has 0 aromatic heterocycles. The van der Waals surface area contributed by atoms with Crippen molar-refractivity contribution in [1.29, 1.82) is 0 Å². The summed E-state index contributed by atoms with van der Waals surface area (Å²) in [6.07, 6.45) is 0. The summed E-state index contributed by atoms with van der Waals surface area (Å²) in [7, 11) is -1.53. The predicted molar refractivity (Wildman–Crippen MR) is 102 cm³/mol. The highest BCUT2D eigenvalue weighted by Gasteiger charge is 2.39. The van der Waals surface area contributed by atoms with Crippen LogP contribution in [0.5, 0.6) is 0 Å². The van der Waals surface area contributed by atoms with Gasteiger partial charge in [-0.05, 0) is 36.4 Å². The molecule has 0 atom stereocenters. The van der Waals surface area contributed by atoms with Crippen molar-refractivity contribution in [2.75, 3.05) is 13.3 Å². The summed E-state index contributed by atoms with van der Waals surface area (Å²) in [6.45, 7) is 3.98. The van der Waals surface area contributed by atoms with Crippen LogP contribution in [0.2, 0.25) is 0 Å². The topological polar surface area (TPSA) is 23.1 Å². The second-order valence-corrected chi connectivity index (χ2v) is 8.86. The van der Waals surface area contributed by atoms with Gasteiger partial charge in [-0.15, -0.1) is 6.61 Å². The molecule has 0 spiro atoms. The summed E-state index contributed by atoms with van der Waals surface area (Å²) in [5.41, 5.74) is 0. The third-order valence-electron chi connectivity index (χ3n) is 3.82. The smallest absolute Gasteiger partial charge is 0.109 e. The molecule has 2 heteroatoms. The van der Waals surface area contributed by atoms with E-state index in [1.807, 2.05) is 0 Å². The highest BCUT2D eigenvalue weighted by molar-refractivity contribution is 7.95. The maximum absolute atomic E-state index is 8.93. The maximum atomic E-state index is 8.93. The van der Waals surface area contributed by atoms with E-state index in [-0.39, 0.29) is 6.61 Å². The average molecular weight is 322 g/mol. The van der Waals surface area contributed by atoms with Crippen LogP contribution in [0, 0.1) is 0 Å². The van der Waals surface area contributed by atoms with Crippen LogP contribution in [0.25, 0.3) is 0 Å². The summed E-state index contributed by atoms with van der Waals surface area (Å²) >= 11 is 0. The van der Waals surface area contributed by atoms with Crippen LogP contribution in [0.15, 0.2) is 91.0 Å². The number of hydrogen-bond acceptors (Lipinski definition) is 1. The van der Waals surface area contributed by atoms with Crippen molar-refractivity contribution < 1.29 is 5.11 Å². The highest BCUT2D eigenvalue weighted by Crippen LogP contribution is 2.51. The van der Waals surface area contributed by atoms with Crippen molar-refractivity contribution >= 4 is 23.2 Å². The zero-order chi connectivity index (χ0) is 16.5. The number of hydrogen-bond donors (Lipinski definition) is 0. The van der Waals surface area contributed by atoms with E-state index < -0.39 is 7.26 Å². The van der Waals surface area contributed by atoms with E-state index in [9.17, 15) is 0 Å². The summed E-state index contributed by atoms with van der Waals surface area (Å²) in [5, 5.41) is 13.2. The largest absolute Gasteiger partial charge is 0.855 e. The molecule has 0 aliphatic rings. The third kappa shape index (κ3) is 4.07. The maximum Gasteiger partial charge on any atom is 0.109 e. The Morgan fingerprint density at radius 1 is 0.609 bits per heavy atom. The van der Waals surface area contributed by atoms with Crippen molar-refractivity contribution in [3.05, 3.63) is 91.0 Å². The molecule has 23 heavy (non-hydrogen) atoms. The number of benzene rings is 3. The average Bonchev–Trinajstić information content (AvgIpc) is 2.64. The summed E-state index contributed by atoms with van der Waals surface area (Å²) < 4.78 is 0. The molecule has 0 fully saturated rings. The lowest BCUT2D eigenvalue weighted by Crippen LogP contribution is -2.30. The van der Waals surface area contributed by atoms with Crippen molar-refractivity contribution in [2.24, 2.45) is 0 Å². The van der Waals surface area contributed by atoms with Crippen molar-refractivity contribution in [3.8, 4) is 0 Å². The van der Waals surface area contributed by atoms with Crippen molar-refractivity contribution in [1.82, 2.24) is 0 Å². The van der Waals surface area contributed by atoms with Gasteiger partial charge in [0, 0.05) is 0 Å². The van der Waals surface area contributed by atoms with Crippen LogP contribution >= 0.6 is 7.26 Å². The molecule has 0 heterocycles. The Kier molecular flexibility index (Phi) is 6.52. The molecule has 0 saturated heterocycles. The molecule has 3 rings (SSSR count). The molecule has 1 nitrogen and oxygen atoms in total. The Bertz CT molecular complexity index is 584. The van der Waals surface area contributed by atoms with Gasteiger partial charge in [0.25, 0.3) is 0 Å². The lowest BCUT2D eigenvalue weighted by Gasteiger charge is -2.22. The van der Waals surface area contributed by atoms with Gasteiger partial charge in [0.15, 0.2) is 0 Å². The van der Waals surface area contributed by atoms with Crippen LogP contribution in [-0.4, -0.2) is 13.3 Å².